The van der Waals surface area contributed by atoms with Crippen molar-refractivity contribution in [3.8, 4) is 12.4 Å². The molecule has 0 N–H and O–H groups in total. The summed E-state index contributed by atoms with van der Waals surface area (Å²) in [5, 5.41) is 17.1. The minimum atomic E-state index is -2.19. The molecule has 2 rings (SSSR count). The van der Waals surface area contributed by atoms with Gasteiger partial charge in [0, 0.05) is 5.57 Å². The molecule has 0 spiro atoms. The van der Waals surface area contributed by atoms with Crippen molar-refractivity contribution >= 4 is 11.4 Å². The Bertz CT molecular complexity index is 797. The molecular formula is C13H3F5N4. The number of aliphatic imine (C=N–C) groups is 2. The van der Waals surface area contributed by atoms with E-state index in [2.05, 4.69) is 9.98 Å². The zero-order valence-electron chi connectivity index (χ0n) is 10.7. The van der Waals surface area contributed by atoms with Gasteiger partial charge in [-0.05, 0) is 6.92 Å². The molecule has 4 nitrogen and oxygen atoms in total. The van der Waals surface area contributed by atoms with Gasteiger partial charge in [0.1, 0.15) is 5.71 Å². The highest BCUT2D eigenvalue weighted by Crippen LogP contribution is 2.34. The topological polar surface area (TPSA) is 72.3 Å². The number of hydrogen-bond acceptors (Lipinski definition) is 4. The van der Waals surface area contributed by atoms with Gasteiger partial charge in [0.05, 0.1) is 16.8 Å². The molecule has 22 heavy (non-hydrogen) atoms. The lowest BCUT2D eigenvalue weighted by atomic mass is 9.86. The number of hydrogen-bond donors (Lipinski definition) is 0. The molecular weight excluding hydrogens is 307 g/mol. The molecule has 1 aliphatic rings. The highest BCUT2D eigenvalue weighted by Gasteiger charge is 2.37. The van der Waals surface area contributed by atoms with E-state index in [-0.39, 0.29) is 0 Å². The summed E-state index contributed by atoms with van der Waals surface area (Å²) in [7, 11) is 0. The molecule has 0 bridgehead atoms. The molecule has 9 heteroatoms. The summed E-state index contributed by atoms with van der Waals surface area (Å²) < 4.78 is 68.7. The van der Waals surface area contributed by atoms with Gasteiger partial charge in [-0.25, -0.2) is 22.0 Å². The van der Waals surface area contributed by atoms with Gasteiger partial charge >= 0.3 is 0 Å². The van der Waals surface area contributed by atoms with E-state index in [1.54, 1.807) is 0 Å². The van der Waals surface area contributed by atoms with Crippen LogP contribution in [0.25, 0.3) is 0 Å². The average molecular weight is 310 g/mol. The van der Waals surface area contributed by atoms with Gasteiger partial charge < -0.3 is 0 Å². The number of halogens is 5. The van der Waals surface area contributed by atoms with E-state index in [4.69, 9.17) is 10.5 Å². The van der Waals surface area contributed by atoms with E-state index >= 15 is 0 Å². The lowest BCUT2D eigenvalue weighted by molar-refractivity contribution is 0.407. The zero-order valence-corrected chi connectivity index (χ0v) is 10.7. The van der Waals surface area contributed by atoms with Gasteiger partial charge in [0.25, 0.3) is 0 Å². The minimum Gasteiger partial charge on any atom is -0.204 e. The van der Waals surface area contributed by atoms with E-state index in [1.165, 1.54) is 6.19 Å². The lowest BCUT2D eigenvalue weighted by Crippen LogP contribution is -2.25. The Morgan fingerprint density at radius 1 is 0.727 bits per heavy atom. The molecule has 0 atom stereocenters. The van der Waals surface area contributed by atoms with Crippen molar-refractivity contribution in [1.29, 1.82) is 10.5 Å². The normalized spacial score (nSPS) is 17.5. The van der Waals surface area contributed by atoms with Crippen LogP contribution in [0.1, 0.15) is 18.1 Å². The maximum Gasteiger partial charge on any atom is 0.206 e. The number of nitrogens with zero attached hydrogens (tertiary/aromatic N) is 4. The van der Waals surface area contributed by atoms with Gasteiger partial charge in [0.2, 0.25) is 12.4 Å². The molecule has 0 amide bonds. The molecule has 0 heterocycles. The molecule has 1 aromatic carbocycles. The van der Waals surface area contributed by atoms with Gasteiger partial charge in [-0.3, -0.25) is 0 Å². The number of rotatable bonds is 0. The molecule has 0 fully saturated rings. The third-order valence-electron chi connectivity index (χ3n) is 2.96. The second-order valence-corrected chi connectivity index (χ2v) is 4.07. The van der Waals surface area contributed by atoms with Crippen LogP contribution in [0.4, 0.5) is 22.0 Å². The Labute approximate surface area is 120 Å². The van der Waals surface area contributed by atoms with Crippen molar-refractivity contribution in [2.45, 2.75) is 6.92 Å². The summed E-state index contributed by atoms with van der Waals surface area (Å²) in [5.41, 5.74) is -4.24. The van der Waals surface area contributed by atoms with Crippen LogP contribution < -0.4 is 0 Å². The van der Waals surface area contributed by atoms with Crippen LogP contribution >= 0.6 is 0 Å². The predicted octanol–water partition coefficient (Wildman–Crippen LogP) is 3.04. The number of benzene rings is 1. The SMILES string of the molecule is CC1=C(F)C(=N\C#N)/c2c(F)c(F)c(F)c(F)c2/C1=N/C#N. The number of nitriles is 2. The van der Waals surface area contributed by atoms with Crippen LogP contribution in [-0.2, 0) is 0 Å². The van der Waals surface area contributed by atoms with Gasteiger partial charge in [-0.1, -0.05) is 0 Å². The Kier molecular flexibility index (Phi) is 3.74. The molecule has 0 unspecified atom stereocenters. The van der Waals surface area contributed by atoms with E-state index in [0.717, 1.165) is 13.1 Å². The predicted molar refractivity (Wildman–Crippen MR) is 64.4 cm³/mol. The van der Waals surface area contributed by atoms with Crippen molar-refractivity contribution < 1.29 is 22.0 Å². The van der Waals surface area contributed by atoms with E-state index in [9.17, 15) is 22.0 Å². The molecule has 1 aromatic rings. The first-order valence-electron chi connectivity index (χ1n) is 5.54. The smallest absolute Gasteiger partial charge is 0.204 e. The van der Waals surface area contributed by atoms with Crippen LogP contribution in [0.15, 0.2) is 21.4 Å². The first-order chi connectivity index (χ1) is 10.4. The molecule has 0 aromatic heterocycles. The fourth-order valence-corrected chi connectivity index (χ4v) is 2.00. The van der Waals surface area contributed by atoms with Crippen molar-refractivity contribution in [3.63, 3.8) is 0 Å². The molecule has 0 aliphatic heterocycles. The summed E-state index contributed by atoms with van der Waals surface area (Å²) in [5.74, 6) is -9.43. The fraction of sp³-hybridized carbons (Fsp3) is 0.0769. The summed E-state index contributed by atoms with van der Waals surface area (Å²) in [6.45, 7) is 1.04. The summed E-state index contributed by atoms with van der Waals surface area (Å²) in [6.07, 6.45) is 2.39. The highest BCUT2D eigenvalue weighted by molar-refractivity contribution is 6.29. The van der Waals surface area contributed by atoms with Crippen molar-refractivity contribution in [2.75, 3.05) is 0 Å². The molecule has 110 valence electrons. The Hall–Kier alpha value is -3.07. The Morgan fingerprint density at radius 2 is 1.14 bits per heavy atom. The highest BCUT2D eigenvalue weighted by atomic mass is 19.2. The van der Waals surface area contributed by atoms with E-state index in [1.807, 2.05) is 0 Å². The van der Waals surface area contributed by atoms with Crippen LogP contribution in [-0.4, -0.2) is 11.4 Å². The molecule has 0 radical (unpaired) electrons. The largest absolute Gasteiger partial charge is 0.206 e. The van der Waals surface area contributed by atoms with Gasteiger partial charge in [0.15, 0.2) is 29.1 Å². The van der Waals surface area contributed by atoms with E-state index in [0.29, 0.717) is 0 Å². The molecule has 1 aliphatic carbocycles. The fourth-order valence-electron chi connectivity index (χ4n) is 2.00. The third-order valence-corrected chi connectivity index (χ3v) is 2.96. The lowest BCUT2D eigenvalue weighted by Gasteiger charge is -2.20. The Balaban J connectivity index is 3.09. The monoisotopic (exact) mass is 310 g/mol. The van der Waals surface area contributed by atoms with Crippen molar-refractivity contribution in [2.24, 2.45) is 9.98 Å². The van der Waals surface area contributed by atoms with E-state index < -0.39 is 57.2 Å². The average Bonchev–Trinajstić information content (AvgIpc) is 2.50. The quantitative estimate of drug-likeness (QED) is 0.320. The number of allylic oxidation sites excluding steroid dienone is 2. The standard InChI is InChI=1S/C13H3F5N4/c1-4-7(14)13(22-3-20)6-5(12(4)21-2-19)8(15)10(17)11(18)9(6)16/h1H3/b21-12+,22-13-. The summed E-state index contributed by atoms with van der Waals surface area (Å²) >= 11 is 0. The first-order valence-corrected chi connectivity index (χ1v) is 5.54. The van der Waals surface area contributed by atoms with Crippen molar-refractivity contribution in [1.82, 2.24) is 0 Å². The second kappa shape index (κ2) is 5.37. The van der Waals surface area contributed by atoms with Crippen LogP contribution in [0.2, 0.25) is 0 Å². The second-order valence-electron chi connectivity index (χ2n) is 4.07. The maximum atomic E-state index is 14.1. The zero-order chi connectivity index (χ0) is 16.6. The van der Waals surface area contributed by atoms with Crippen LogP contribution in [0.3, 0.4) is 0 Å². The molecule has 0 saturated heterocycles. The Morgan fingerprint density at radius 3 is 1.59 bits per heavy atom. The van der Waals surface area contributed by atoms with Crippen LogP contribution in [0.5, 0.6) is 0 Å². The summed E-state index contributed by atoms with van der Waals surface area (Å²) in [6, 6.07) is 0. The third kappa shape index (κ3) is 1.95. The number of fused-ring (bicyclic) bond motifs is 1. The minimum absolute atomic E-state index is 0.465. The van der Waals surface area contributed by atoms with Gasteiger partial charge in [-0.2, -0.15) is 20.5 Å². The maximum absolute atomic E-state index is 14.1. The van der Waals surface area contributed by atoms with Crippen LogP contribution in [0, 0.1) is 46.2 Å². The van der Waals surface area contributed by atoms with Crippen molar-refractivity contribution in [3.05, 3.63) is 45.8 Å². The first kappa shape index (κ1) is 15.3. The molecule has 0 saturated carbocycles. The van der Waals surface area contributed by atoms with Gasteiger partial charge in [-0.15, -0.1) is 0 Å². The summed E-state index contributed by atoms with van der Waals surface area (Å²) in [4.78, 5) is 6.09.